The van der Waals surface area contributed by atoms with E-state index in [-0.39, 0.29) is 25.2 Å². The Balaban J connectivity index is 1.66. The van der Waals surface area contributed by atoms with Gasteiger partial charge >= 0.3 is 0 Å². The lowest BCUT2D eigenvalue weighted by Gasteiger charge is -2.24. The molecule has 6 nitrogen and oxygen atoms in total. The average Bonchev–Trinajstić information content (AvgIpc) is 3.06. The van der Waals surface area contributed by atoms with Crippen molar-refractivity contribution in [1.29, 1.82) is 0 Å². The van der Waals surface area contributed by atoms with E-state index in [9.17, 15) is 9.59 Å². The summed E-state index contributed by atoms with van der Waals surface area (Å²) in [7, 11) is 0. The molecule has 2 aromatic carbocycles. The highest BCUT2D eigenvalue weighted by atomic mass is 16.7. The van der Waals surface area contributed by atoms with E-state index in [1.807, 2.05) is 50.2 Å². The summed E-state index contributed by atoms with van der Waals surface area (Å²) in [5.41, 5.74) is 3.62. The van der Waals surface area contributed by atoms with Crippen molar-refractivity contribution < 1.29 is 19.1 Å². The Morgan fingerprint density at radius 2 is 1.77 bits per heavy atom. The van der Waals surface area contributed by atoms with Crippen LogP contribution in [-0.2, 0) is 16.1 Å². The molecule has 0 aromatic heterocycles. The van der Waals surface area contributed by atoms with Gasteiger partial charge < -0.3 is 19.7 Å². The van der Waals surface area contributed by atoms with E-state index in [0.717, 1.165) is 22.4 Å². The number of anilines is 1. The molecule has 1 heterocycles. The first-order valence-electron chi connectivity index (χ1n) is 8.45. The number of ether oxygens (including phenoxy) is 2. The molecule has 1 aliphatic rings. The van der Waals surface area contributed by atoms with E-state index >= 15 is 0 Å². The van der Waals surface area contributed by atoms with Crippen LogP contribution in [0, 0.1) is 13.8 Å². The second-order valence-electron chi connectivity index (χ2n) is 6.31. The Bertz CT molecular complexity index is 827. The third-order valence-electron chi connectivity index (χ3n) is 4.32. The molecule has 0 aliphatic carbocycles. The van der Waals surface area contributed by atoms with E-state index in [2.05, 4.69) is 5.32 Å². The summed E-state index contributed by atoms with van der Waals surface area (Å²) in [6, 6.07) is 11.3. The molecule has 136 valence electrons. The molecule has 2 aromatic rings. The van der Waals surface area contributed by atoms with Crippen molar-refractivity contribution in [3.63, 3.8) is 0 Å². The van der Waals surface area contributed by atoms with E-state index in [4.69, 9.17) is 9.47 Å². The standard InChI is InChI=1S/C20H22N2O4/c1-13-5-4-6-14(2)20(13)22(15(3)23)11-19(24)21-10-16-7-8-17-18(9-16)26-12-25-17/h4-9H,10-12H2,1-3H3,(H,21,24). The molecule has 0 spiro atoms. The molecule has 0 saturated heterocycles. The van der Waals surface area contributed by atoms with Crippen molar-refractivity contribution in [2.45, 2.75) is 27.3 Å². The molecule has 3 rings (SSSR count). The summed E-state index contributed by atoms with van der Waals surface area (Å²) in [5, 5.41) is 2.85. The Kier molecular flexibility index (Phi) is 5.11. The van der Waals surface area contributed by atoms with Gasteiger partial charge in [0.1, 0.15) is 6.54 Å². The summed E-state index contributed by atoms with van der Waals surface area (Å²) < 4.78 is 10.6. The van der Waals surface area contributed by atoms with E-state index in [0.29, 0.717) is 18.0 Å². The zero-order chi connectivity index (χ0) is 18.7. The van der Waals surface area contributed by atoms with Gasteiger partial charge in [0.25, 0.3) is 0 Å². The average molecular weight is 354 g/mol. The van der Waals surface area contributed by atoms with Crippen molar-refractivity contribution in [2.24, 2.45) is 0 Å². The minimum atomic E-state index is -0.222. The second-order valence-corrected chi connectivity index (χ2v) is 6.31. The molecule has 0 unspecified atom stereocenters. The topological polar surface area (TPSA) is 67.9 Å². The van der Waals surface area contributed by atoms with Crippen LogP contribution in [0.15, 0.2) is 36.4 Å². The normalized spacial score (nSPS) is 12.0. The van der Waals surface area contributed by atoms with Gasteiger partial charge in [-0.3, -0.25) is 9.59 Å². The van der Waals surface area contributed by atoms with Gasteiger partial charge in [-0.2, -0.15) is 0 Å². The van der Waals surface area contributed by atoms with Crippen LogP contribution in [0.4, 0.5) is 5.69 Å². The highest BCUT2D eigenvalue weighted by molar-refractivity contribution is 5.98. The number of rotatable bonds is 5. The first kappa shape index (κ1) is 17.8. The predicted molar refractivity (Wildman–Crippen MR) is 98.4 cm³/mol. The van der Waals surface area contributed by atoms with Gasteiger partial charge in [0.05, 0.1) is 5.69 Å². The van der Waals surface area contributed by atoms with Crippen LogP contribution in [0.25, 0.3) is 0 Å². The minimum Gasteiger partial charge on any atom is -0.454 e. The summed E-state index contributed by atoms with van der Waals surface area (Å²) in [6.07, 6.45) is 0. The van der Waals surface area contributed by atoms with Crippen molar-refractivity contribution in [2.75, 3.05) is 18.2 Å². The van der Waals surface area contributed by atoms with E-state index in [1.54, 1.807) is 0 Å². The molecule has 0 saturated carbocycles. The molecule has 6 heteroatoms. The smallest absolute Gasteiger partial charge is 0.240 e. The SMILES string of the molecule is CC(=O)N(CC(=O)NCc1ccc2c(c1)OCO2)c1c(C)cccc1C. The summed E-state index contributed by atoms with van der Waals surface area (Å²) in [4.78, 5) is 26.0. The Labute approximate surface area is 152 Å². The number of nitrogens with one attached hydrogen (secondary N) is 1. The second kappa shape index (κ2) is 7.47. The van der Waals surface area contributed by atoms with Crippen molar-refractivity contribution in [3.05, 3.63) is 53.1 Å². The van der Waals surface area contributed by atoms with Gasteiger partial charge in [0.2, 0.25) is 18.6 Å². The fourth-order valence-electron chi connectivity index (χ4n) is 3.03. The van der Waals surface area contributed by atoms with Gasteiger partial charge in [-0.25, -0.2) is 0 Å². The lowest BCUT2D eigenvalue weighted by atomic mass is 10.1. The number of aryl methyl sites for hydroxylation is 2. The largest absolute Gasteiger partial charge is 0.454 e. The molecule has 2 amide bonds. The highest BCUT2D eigenvalue weighted by Gasteiger charge is 2.19. The molecule has 26 heavy (non-hydrogen) atoms. The maximum atomic E-state index is 12.4. The van der Waals surface area contributed by atoms with Crippen LogP contribution in [0.5, 0.6) is 11.5 Å². The lowest BCUT2D eigenvalue weighted by Crippen LogP contribution is -2.40. The zero-order valence-electron chi connectivity index (χ0n) is 15.2. The molecular weight excluding hydrogens is 332 g/mol. The van der Waals surface area contributed by atoms with Gasteiger partial charge in [0.15, 0.2) is 11.5 Å². The van der Waals surface area contributed by atoms with Gasteiger partial charge in [-0.05, 0) is 42.7 Å². The molecule has 0 bridgehead atoms. The number of amides is 2. The minimum absolute atomic E-state index is 0.0222. The van der Waals surface area contributed by atoms with Crippen LogP contribution in [0.1, 0.15) is 23.6 Å². The van der Waals surface area contributed by atoms with Crippen molar-refractivity contribution in [3.8, 4) is 11.5 Å². The number of benzene rings is 2. The van der Waals surface area contributed by atoms with Crippen molar-refractivity contribution in [1.82, 2.24) is 5.32 Å². The number of fused-ring (bicyclic) bond motifs is 1. The maximum absolute atomic E-state index is 12.4. The molecular formula is C20H22N2O4. The number of nitrogens with zero attached hydrogens (tertiary/aromatic N) is 1. The third kappa shape index (κ3) is 3.79. The number of hydrogen-bond acceptors (Lipinski definition) is 4. The van der Waals surface area contributed by atoms with Crippen LogP contribution >= 0.6 is 0 Å². The molecule has 1 aliphatic heterocycles. The van der Waals surface area contributed by atoms with E-state index < -0.39 is 0 Å². The first-order valence-corrected chi connectivity index (χ1v) is 8.45. The van der Waals surface area contributed by atoms with Crippen LogP contribution in [-0.4, -0.2) is 25.2 Å². The Morgan fingerprint density at radius 3 is 2.46 bits per heavy atom. The van der Waals surface area contributed by atoms with Crippen LogP contribution in [0.2, 0.25) is 0 Å². The third-order valence-corrected chi connectivity index (χ3v) is 4.32. The quantitative estimate of drug-likeness (QED) is 0.896. The number of para-hydroxylation sites is 1. The maximum Gasteiger partial charge on any atom is 0.240 e. The zero-order valence-corrected chi connectivity index (χ0v) is 15.2. The van der Waals surface area contributed by atoms with E-state index in [1.165, 1.54) is 11.8 Å². The van der Waals surface area contributed by atoms with Crippen LogP contribution in [0.3, 0.4) is 0 Å². The fourth-order valence-corrected chi connectivity index (χ4v) is 3.03. The summed E-state index contributed by atoms with van der Waals surface area (Å²) >= 11 is 0. The van der Waals surface area contributed by atoms with Crippen molar-refractivity contribution >= 4 is 17.5 Å². The highest BCUT2D eigenvalue weighted by Crippen LogP contribution is 2.32. The van der Waals surface area contributed by atoms with Crippen LogP contribution < -0.4 is 19.7 Å². The summed E-state index contributed by atoms with van der Waals surface area (Å²) in [5.74, 6) is 0.997. The Hall–Kier alpha value is -3.02. The van der Waals surface area contributed by atoms with Gasteiger partial charge in [-0.1, -0.05) is 24.3 Å². The fraction of sp³-hybridized carbons (Fsp3) is 0.300. The predicted octanol–water partition coefficient (Wildman–Crippen LogP) is 2.70. The Morgan fingerprint density at radius 1 is 1.08 bits per heavy atom. The molecule has 0 atom stereocenters. The van der Waals surface area contributed by atoms with Gasteiger partial charge in [-0.15, -0.1) is 0 Å². The number of carbonyl (C=O) groups excluding carboxylic acids is 2. The van der Waals surface area contributed by atoms with Gasteiger partial charge in [0, 0.05) is 13.5 Å². The lowest BCUT2D eigenvalue weighted by molar-refractivity contribution is -0.123. The monoisotopic (exact) mass is 354 g/mol. The number of hydrogen-bond donors (Lipinski definition) is 1. The molecule has 0 radical (unpaired) electrons. The first-order chi connectivity index (χ1) is 12.5. The molecule has 0 fully saturated rings. The molecule has 1 N–H and O–H groups in total. The number of carbonyl (C=O) groups is 2. The summed E-state index contributed by atoms with van der Waals surface area (Å²) in [6.45, 7) is 5.89.